The van der Waals surface area contributed by atoms with Gasteiger partial charge in [-0.2, -0.15) is 0 Å². The molecule has 0 aromatic rings. The molecule has 2 fully saturated rings. The number of hydrogen-bond donors (Lipinski definition) is 0. The highest BCUT2D eigenvalue weighted by Gasteiger charge is 2.39. The van der Waals surface area contributed by atoms with Gasteiger partial charge in [0.15, 0.2) is 0 Å². The quantitative estimate of drug-likeness (QED) is 0.659. The summed E-state index contributed by atoms with van der Waals surface area (Å²) in [6.07, 6.45) is 6.63. The van der Waals surface area contributed by atoms with Crippen molar-refractivity contribution in [3.8, 4) is 0 Å². The van der Waals surface area contributed by atoms with Gasteiger partial charge in [-0.15, -0.1) is 0 Å². The predicted molar refractivity (Wildman–Crippen MR) is 56.5 cm³/mol. The third-order valence-corrected chi connectivity index (χ3v) is 3.60. The predicted octanol–water partition coefficient (Wildman–Crippen LogP) is 2.29. The van der Waals surface area contributed by atoms with E-state index in [1.165, 1.54) is 32.6 Å². The Bertz CT molecular complexity index is 225. The van der Waals surface area contributed by atoms with Gasteiger partial charge in [0.05, 0.1) is 12.2 Å². The Hall–Kier alpha value is -0.570. The molecule has 3 heteroatoms. The molecular weight excluding hydrogens is 192 g/mol. The molecule has 86 valence electrons. The molecule has 0 bridgehead atoms. The van der Waals surface area contributed by atoms with E-state index in [1.807, 2.05) is 6.92 Å². The summed E-state index contributed by atoms with van der Waals surface area (Å²) in [6.45, 7) is 3.39. The van der Waals surface area contributed by atoms with Gasteiger partial charge in [-0.1, -0.05) is 12.8 Å². The van der Waals surface area contributed by atoms with Crippen LogP contribution in [0.1, 0.15) is 46.0 Å². The largest absolute Gasteiger partial charge is 0.460 e. The monoisotopic (exact) mass is 212 g/mol. The Balaban J connectivity index is 1.87. The lowest BCUT2D eigenvalue weighted by atomic mass is 9.85. The summed E-state index contributed by atoms with van der Waals surface area (Å²) < 4.78 is 11.1. The molecule has 15 heavy (non-hydrogen) atoms. The van der Waals surface area contributed by atoms with Crippen molar-refractivity contribution < 1.29 is 14.3 Å². The maximum Gasteiger partial charge on any atom is 0.302 e. The molecule has 1 saturated carbocycles. The zero-order valence-corrected chi connectivity index (χ0v) is 9.57. The van der Waals surface area contributed by atoms with Crippen LogP contribution >= 0.6 is 0 Å². The van der Waals surface area contributed by atoms with Crippen molar-refractivity contribution in [2.24, 2.45) is 5.92 Å². The van der Waals surface area contributed by atoms with Gasteiger partial charge in [0, 0.05) is 6.92 Å². The Morgan fingerprint density at radius 3 is 2.80 bits per heavy atom. The average Bonchev–Trinajstić information content (AvgIpc) is 2.59. The summed E-state index contributed by atoms with van der Waals surface area (Å²) in [5.74, 6) is 0.503. The van der Waals surface area contributed by atoms with Crippen molar-refractivity contribution in [2.45, 2.75) is 64.3 Å². The molecule has 2 rings (SSSR count). The van der Waals surface area contributed by atoms with Crippen molar-refractivity contribution in [1.29, 1.82) is 0 Å². The normalized spacial score (nSPS) is 37.1. The average molecular weight is 212 g/mol. The highest BCUT2D eigenvalue weighted by atomic mass is 16.6. The molecule has 0 unspecified atom stereocenters. The summed E-state index contributed by atoms with van der Waals surface area (Å²) in [7, 11) is 0. The number of rotatable bonds is 2. The summed E-state index contributed by atoms with van der Waals surface area (Å²) >= 11 is 0. The lowest BCUT2D eigenvalue weighted by Gasteiger charge is -2.23. The first-order valence-corrected chi connectivity index (χ1v) is 5.99. The smallest absolute Gasteiger partial charge is 0.302 e. The first kappa shape index (κ1) is 10.9. The van der Waals surface area contributed by atoms with E-state index < -0.39 is 0 Å². The Kier molecular flexibility index (Phi) is 3.29. The number of hydrogen-bond acceptors (Lipinski definition) is 3. The second-order valence-electron chi connectivity index (χ2n) is 4.81. The second kappa shape index (κ2) is 4.52. The van der Waals surface area contributed by atoms with Crippen molar-refractivity contribution in [1.82, 2.24) is 0 Å². The molecule has 0 spiro atoms. The molecule has 4 atom stereocenters. The van der Waals surface area contributed by atoms with Gasteiger partial charge < -0.3 is 9.47 Å². The van der Waals surface area contributed by atoms with Gasteiger partial charge in [0.1, 0.15) is 6.10 Å². The minimum absolute atomic E-state index is 0.0897. The first-order valence-electron chi connectivity index (χ1n) is 5.99. The van der Waals surface area contributed by atoms with Crippen molar-refractivity contribution >= 4 is 5.97 Å². The molecule has 0 amide bonds. The topological polar surface area (TPSA) is 35.5 Å². The third-order valence-electron chi connectivity index (χ3n) is 3.60. The molecule has 0 N–H and O–H groups in total. The minimum Gasteiger partial charge on any atom is -0.460 e. The maximum absolute atomic E-state index is 10.8. The standard InChI is InChI=1S/C12H20O3/c1-8(14-9(2)13)12-7-10-5-3-4-6-11(10)15-12/h8,10-12H,3-7H2,1-2H3/t8-,10+,11-,12+/m1/s1. The fourth-order valence-electron chi connectivity index (χ4n) is 2.84. The van der Waals surface area contributed by atoms with Crippen molar-refractivity contribution in [2.75, 3.05) is 0 Å². The van der Waals surface area contributed by atoms with E-state index in [1.54, 1.807) is 0 Å². The molecule has 3 nitrogen and oxygen atoms in total. The van der Waals surface area contributed by atoms with Gasteiger partial charge in [-0.25, -0.2) is 0 Å². The minimum atomic E-state index is -0.207. The van der Waals surface area contributed by atoms with E-state index >= 15 is 0 Å². The number of esters is 1. The van der Waals surface area contributed by atoms with Gasteiger partial charge in [0.2, 0.25) is 0 Å². The summed E-state index contributed by atoms with van der Waals surface area (Å²) in [5.41, 5.74) is 0. The van der Waals surface area contributed by atoms with E-state index in [9.17, 15) is 4.79 Å². The van der Waals surface area contributed by atoms with Crippen LogP contribution in [-0.4, -0.2) is 24.3 Å². The molecule has 1 saturated heterocycles. The number of ether oxygens (including phenoxy) is 2. The van der Waals surface area contributed by atoms with Crippen LogP contribution < -0.4 is 0 Å². The van der Waals surface area contributed by atoms with Crippen LogP contribution in [0.4, 0.5) is 0 Å². The number of carbonyl (C=O) groups excluding carboxylic acids is 1. The van der Waals surface area contributed by atoms with E-state index in [4.69, 9.17) is 9.47 Å². The van der Waals surface area contributed by atoms with Crippen LogP contribution in [0, 0.1) is 5.92 Å². The number of carbonyl (C=O) groups is 1. The van der Waals surface area contributed by atoms with Crippen LogP contribution in [0.3, 0.4) is 0 Å². The fourth-order valence-corrected chi connectivity index (χ4v) is 2.84. The van der Waals surface area contributed by atoms with Gasteiger partial charge >= 0.3 is 5.97 Å². The third kappa shape index (κ3) is 2.51. The fraction of sp³-hybridized carbons (Fsp3) is 0.917. The summed E-state index contributed by atoms with van der Waals surface area (Å²) in [4.78, 5) is 10.8. The molecule has 2 aliphatic rings. The van der Waals surface area contributed by atoms with E-state index in [2.05, 4.69) is 0 Å². The molecule has 1 aliphatic heterocycles. The van der Waals surface area contributed by atoms with E-state index in [0.29, 0.717) is 12.0 Å². The Labute approximate surface area is 91.1 Å². The highest BCUT2D eigenvalue weighted by Crippen LogP contribution is 2.38. The van der Waals surface area contributed by atoms with Gasteiger partial charge in [-0.3, -0.25) is 4.79 Å². The number of fused-ring (bicyclic) bond motifs is 1. The zero-order chi connectivity index (χ0) is 10.8. The van der Waals surface area contributed by atoms with Crippen molar-refractivity contribution in [3.63, 3.8) is 0 Å². The second-order valence-corrected chi connectivity index (χ2v) is 4.81. The van der Waals surface area contributed by atoms with Crippen LogP contribution in [0.25, 0.3) is 0 Å². The van der Waals surface area contributed by atoms with E-state index in [0.717, 1.165) is 6.42 Å². The van der Waals surface area contributed by atoms with Crippen LogP contribution in [0.15, 0.2) is 0 Å². The van der Waals surface area contributed by atoms with Crippen LogP contribution in [0.2, 0.25) is 0 Å². The maximum atomic E-state index is 10.8. The SMILES string of the molecule is CC(=O)O[C@H](C)[C@@H]1C[C@@H]2CCCC[C@H]2O1. The Morgan fingerprint density at radius 1 is 1.40 bits per heavy atom. The van der Waals surface area contributed by atoms with Gasteiger partial charge in [-0.05, 0) is 32.1 Å². The lowest BCUT2D eigenvalue weighted by Crippen LogP contribution is -2.28. The first-order chi connectivity index (χ1) is 7.16. The summed E-state index contributed by atoms with van der Waals surface area (Å²) in [5, 5.41) is 0. The van der Waals surface area contributed by atoms with Crippen molar-refractivity contribution in [3.05, 3.63) is 0 Å². The van der Waals surface area contributed by atoms with Crippen LogP contribution in [0.5, 0.6) is 0 Å². The van der Waals surface area contributed by atoms with E-state index in [-0.39, 0.29) is 18.2 Å². The van der Waals surface area contributed by atoms with Gasteiger partial charge in [0.25, 0.3) is 0 Å². The molecule has 0 aromatic carbocycles. The molecule has 1 aliphatic carbocycles. The lowest BCUT2D eigenvalue weighted by molar-refractivity contribution is -0.153. The summed E-state index contributed by atoms with van der Waals surface area (Å²) in [6, 6.07) is 0. The Morgan fingerprint density at radius 2 is 2.13 bits per heavy atom. The molecule has 1 heterocycles. The molecule has 0 radical (unpaired) electrons. The molecular formula is C12H20O3. The highest BCUT2D eigenvalue weighted by molar-refractivity contribution is 5.66. The van der Waals surface area contributed by atoms with Crippen LogP contribution in [-0.2, 0) is 14.3 Å². The zero-order valence-electron chi connectivity index (χ0n) is 9.57. The molecule has 0 aromatic heterocycles.